The fraction of sp³-hybridized carbons (Fsp3) is 0.200. The number of phenols is 1. The first-order valence-corrected chi connectivity index (χ1v) is 4.76. The second kappa shape index (κ2) is 4.69. The van der Waals surface area contributed by atoms with Gasteiger partial charge in [-0.15, -0.1) is 0 Å². The van der Waals surface area contributed by atoms with Crippen LogP contribution in [0.4, 0.5) is 0 Å². The molecule has 0 atom stereocenters. The van der Waals surface area contributed by atoms with Crippen molar-refractivity contribution in [1.82, 2.24) is 0 Å². The second-order valence-electron chi connectivity index (χ2n) is 2.97. The molecule has 0 radical (unpaired) electrons. The first-order valence-electron chi connectivity index (χ1n) is 4.00. The van der Waals surface area contributed by atoms with E-state index in [2.05, 4.69) is 0 Å². The lowest BCUT2D eigenvalue weighted by molar-refractivity contribution is 0.332. The molecule has 0 bridgehead atoms. The van der Waals surface area contributed by atoms with Gasteiger partial charge in [0, 0.05) is 10.6 Å². The number of hydrogen-bond acceptors (Lipinski definition) is 2. The maximum absolute atomic E-state index is 9.55. The molecule has 0 aromatic heterocycles. The number of aromatic hydroxyl groups is 1. The van der Waals surface area contributed by atoms with Gasteiger partial charge in [-0.1, -0.05) is 23.2 Å². The van der Waals surface area contributed by atoms with Gasteiger partial charge in [-0.05, 0) is 30.7 Å². The van der Waals surface area contributed by atoms with E-state index in [0.717, 1.165) is 5.57 Å². The number of aliphatic hydroxyl groups excluding tert-OH is 1. The highest BCUT2D eigenvalue weighted by atomic mass is 35.5. The molecular formula is C10H10Cl2O2. The van der Waals surface area contributed by atoms with Crippen molar-refractivity contribution in [2.45, 2.75) is 6.92 Å². The van der Waals surface area contributed by atoms with Gasteiger partial charge in [0.25, 0.3) is 0 Å². The summed E-state index contributed by atoms with van der Waals surface area (Å²) in [5.41, 5.74) is 1.23. The molecule has 0 saturated carbocycles. The van der Waals surface area contributed by atoms with E-state index in [4.69, 9.17) is 28.3 Å². The van der Waals surface area contributed by atoms with Crippen LogP contribution in [-0.2, 0) is 0 Å². The summed E-state index contributed by atoms with van der Waals surface area (Å²) in [6.45, 7) is 1.68. The van der Waals surface area contributed by atoms with E-state index in [1.165, 1.54) is 6.07 Å². The Labute approximate surface area is 92.4 Å². The molecule has 1 aromatic rings. The van der Waals surface area contributed by atoms with Crippen molar-refractivity contribution < 1.29 is 10.2 Å². The van der Waals surface area contributed by atoms with Gasteiger partial charge in [0.05, 0.1) is 11.6 Å². The molecule has 0 fully saturated rings. The van der Waals surface area contributed by atoms with Crippen LogP contribution in [0.5, 0.6) is 5.75 Å². The Hall–Kier alpha value is -0.700. The van der Waals surface area contributed by atoms with Crippen molar-refractivity contribution in [1.29, 1.82) is 0 Å². The molecule has 0 aliphatic heterocycles. The lowest BCUT2D eigenvalue weighted by Gasteiger charge is -2.03. The number of phenolic OH excluding ortho intramolecular Hbond substituents is 1. The Kier molecular flexibility index (Phi) is 3.81. The van der Waals surface area contributed by atoms with E-state index < -0.39 is 0 Å². The van der Waals surface area contributed by atoms with Crippen molar-refractivity contribution in [3.8, 4) is 5.75 Å². The zero-order valence-electron chi connectivity index (χ0n) is 7.59. The number of halogens is 2. The minimum absolute atomic E-state index is 0.0242. The zero-order chi connectivity index (χ0) is 10.7. The number of aliphatic hydroxyl groups is 1. The first-order chi connectivity index (χ1) is 6.54. The third-order valence-electron chi connectivity index (χ3n) is 1.71. The molecule has 0 unspecified atom stereocenters. The average molecular weight is 233 g/mol. The summed E-state index contributed by atoms with van der Waals surface area (Å²) in [5.74, 6) is -0.0242. The Morgan fingerprint density at radius 2 is 2.07 bits per heavy atom. The molecular weight excluding hydrogens is 223 g/mol. The highest BCUT2D eigenvalue weighted by Crippen LogP contribution is 2.32. The molecule has 2 N–H and O–H groups in total. The Bertz CT molecular complexity index is 373. The van der Waals surface area contributed by atoms with Crippen LogP contribution in [0, 0.1) is 0 Å². The van der Waals surface area contributed by atoms with E-state index in [1.807, 2.05) is 0 Å². The van der Waals surface area contributed by atoms with E-state index in [0.29, 0.717) is 10.6 Å². The average Bonchev–Trinajstić information content (AvgIpc) is 2.13. The maximum Gasteiger partial charge on any atom is 0.141 e. The molecule has 1 aromatic carbocycles. The van der Waals surface area contributed by atoms with E-state index in [1.54, 1.807) is 19.1 Å². The van der Waals surface area contributed by atoms with Gasteiger partial charge in [-0.3, -0.25) is 0 Å². The molecule has 0 saturated heterocycles. The summed E-state index contributed by atoms with van der Waals surface area (Å²) in [6.07, 6.45) is 1.63. The van der Waals surface area contributed by atoms with Gasteiger partial charge in [-0.2, -0.15) is 0 Å². The van der Waals surface area contributed by atoms with Crippen LogP contribution in [0.1, 0.15) is 12.5 Å². The number of rotatable bonds is 2. The predicted molar refractivity (Wildman–Crippen MR) is 58.9 cm³/mol. The summed E-state index contributed by atoms with van der Waals surface area (Å²) in [5, 5.41) is 19.0. The van der Waals surface area contributed by atoms with Crippen molar-refractivity contribution >= 4 is 29.3 Å². The van der Waals surface area contributed by atoms with Crippen LogP contribution in [0.2, 0.25) is 10.0 Å². The third kappa shape index (κ3) is 2.64. The summed E-state index contributed by atoms with van der Waals surface area (Å²) in [4.78, 5) is 0. The minimum atomic E-state index is -0.0659. The predicted octanol–water partition coefficient (Wildman–Crippen LogP) is 3.09. The van der Waals surface area contributed by atoms with Crippen LogP contribution in [-0.4, -0.2) is 16.8 Å². The fourth-order valence-electron chi connectivity index (χ4n) is 1.01. The van der Waals surface area contributed by atoms with E-state index >= 15 is 0 Å². The molecule has 1 rings (SSSR count). The molecule has 0 spiro atoms. The number of benzene rings is 1. The van der Waals surface area contributed by atoms with Gasteiger partial charge < -0.3 is 10.2 Å². The van der Waals surface area contributed by atoms with E-state index in [9.17, 15) is 5.11 Å². The number of hydrogen-bond donors (Lipinski definition) is 2. The second-order valence-corrected chi connectivity index (χ2v) is 3.82. The zero-order valence-corrected chi connectivity index (χ0v) is 9.10. The monoisotopic (exact) mass is 232 g/mol. The summed E-state index contributed by atoms with van der Waals surface area (Å²) < 4.78 is 0. The van der Waals surface area contributed by atoms with Crippen LogP contribution in [0.3, 0.4) is 0 Å². The summed E-state index contributed by atoms with van der Waals surface area (Å²) in [6, 6.07) is 3.05. The van der Waals surface area contributed by atoms with Gasteiger partial charge in [0.2, 0.25) is 0 Å². The largest absolute Gasteiger partial charge is 0.506 e. The topological polar surface area (TPSA) is 40.5 Å². The molecule has 76 valence electrons. The van der Waals surface area contributed by atoms with Crippen molar-refractivity contribution in [2.75, 3.05) is 6.61 Å². The normalized spacial score (nSPS) is 11.9. The molecule has 0 amide bonds. The van der Waals surface area contributed by atoms with Crippen LogP contribution in [0.25, 0.3) is 6.08 Å². The molecule has 0 aliphatic carbocycles. The Balaban J connectivity index is 3.21. The SMILES string of the molecule is C/C(=C/c1cc(Cl)cc(Cl)c1O)CO. The van der Waals surface area contributed by atoms with Gasteiger partial charge in [0.1, 0.15) is 5.75 Å². The standard InChI is InChI=1S/C10H10Cl2O2/c1-6(5-13)2-7-3-8(11)4-9(12)10(7)14/h2-4,13-14H,5H2,1H3/b6-2-. The minimum Gasteiger partial charge on any atom is -0.506 e. The summed E-state index contributed by atoms with van der Waals surface area (Å²) >= 11 is 11.5. The van der Waals surface area contributed by atoms with Crippen molar-refractivity contribution in [3.05, 3.63) is 33.3 Å². The highest BCUT2D eigenvalue weighted by Gasteiger charge is 2.05. The fourth-order valence-corrected chi connectivity index (χ4v) is 1.52. The molecule has 14 heavy (non-hydrogen) atoms. The Morgan fingerprint density at radius 1 is 1.43 bits per heavy atom. The first kappa shape index (κ1) is 11.4. The lowest BCUT2D eigenvalue weighted by Crippen LogP contribution is -1.85. The molecule has 0 aliphatic rings. The van der Waals surface area contributed by atoms with Gasteiger partial charge in [0.15, 0.2) is 0 Å². The van der Waals surface area contributed by atoms with Crippen LogP contribution in [0.15, 0.2) is 17.7 Å². The van der Waals surface area contributed by atoms with Crippen molar-refractivity contribution in [3.63, 3.8) is 0 Å². The molecule has 4 heteroatoms. The lowest BCUT2D eigenvalue weighted by atomic mass is 10.1. The molecule has 0 heterocycles. The smallest absolute Gasteiger partial charge is 0.141 e. The quantitative estimate of drug-likeness (QED) is 0.823. The Morgan fingerprint density at radius 3 is 2.64 bits per heavy atom. The van der Waals surface area contributed by atoms with E-state index in [-0.39, 0.29) is 17.4 Å². The third-order valence-corrected chi connectivity index (χ3v) is 2.22. The van der Waals surface area contributed by atoms with Crippen LogP contribution >= 0.6 is 23.2 Å². The summed E-state index contributed by atoms with van der Waals surface area (Å²) in [7, 11) is 0. The van der Waals surface area contributed by atoms with Crippen LogP contribution < -0.4 is 0 Å². The van der Waals surface area contributed by atoms with Gasteiger partial charge >= 0.3 is 0 Å². The van der Waals surface area contributed by atoms with Gasteiger partial charge in [-0.25, -0.2) is 0 Å². The maximum atomic E-state index is 9.55. The highest BCUT2D eigenvalue weighted by molar-refractivity contribution is 6.35. The van der Waals surface area contributed by atoms with Crippen molar-refractivity contribution in [2.24, 2.45) is 0 Å². The molecule has 2 nitrogen and oxygen atoms in total.